The number of Topliss-reactive ketones (excluding diaryl/α,β-unsaturated/α-hetero) is 1. The lowest BCUT2D eigenvalue weighted by Crippen LogP contribution is -2.03. The molecule has 0 amide bonds. The maximum atomic E-state index is 13.2. The molecule has 0 N–H and O–H groups in total. The van der Waals surface area contributed by atoms with E-state index in [0.29, 0.717) is 18.4 Å². The minimum Gasteiger partial charge on any atom is -0.299 e. The van der Waals surface area contributed by atoms with Gasteiger partial charge in [-0.3, -0.25) is 4.79 Å². The van der Waals surface area contributed by atoms with Crippen molar-refractivity contribution in [3.8, 4) is 0 Å². The van der Waals surface area contributed by atoms with Crippen molar-refractivity contribution in [2.75, 3.05) is 0 Å². The Morgan fingerprint density at radius 3 is 2.73 bits per heavy atom. The summed E-state index contributed by atoms with van der Waals surface area (Å²) in [6.45, 7) is 0. The van der Waals surface area contributed by atoms with Crippen LogP contribution >= 0.6 is 0 Å². The van der Waals surface area contributed by atoms with Crippen molar-refractivity contribution >= 4 is 5.78 Å². The molecule has 0 unspecified atom stereocenters. The molecular weight excluding hydrogens is 198 g/mol. The van der Waals surface area contributed by atoms with Crippen LogP contribution in [0.25, 0.3) is 0 Å². The van der Waals surface area contributed by atoms with Gasteiger partial charge in [-0.1, -0.05) is 12.1 Å². The van der Waals surface area contributed by atoms with E-state index in [4.69, 9.17) is 0 Å². The molecule has 2 rings (SSSR count). The third kappa shape index (κ3) is 2.41. The number of aryl methyl sites for hydroxylation is 1. The number of hydrogen-bond acceptors (Lipinski definition) is 1. The molecule has 15 heavy (non-hydrogen) atoms. The Kier molecular flexibility index (Phi) is 2.80. The molecule has 1 aliphatic rings. The number of carbonyl (C=O) groups is 1. The maximum Gasteiger partial charge on any atom is 0.162 e. The van der Waals surface area contributed by atoms with Crippen molar-refractivity contribution in [3.05, 3.63) is 35.4 Å². The molecule has 0 saturated heterocycles. The molecule has 1 aromatic rings. The van der Waals surface area contributed by atoms with Crippen molar-refractivity contribution in [2.45, 2.75) is 25.7 Å². The van der Waals surface area contributed by atoms with Crippen molar-refractivity contribution < 1.29 is 13.6 Å². The van der Waals surface area contributed by atoms with Crippen LogP contribution < -0.4 is 0 Å². The number of ketones is 1. The lowest BCUT2D eigenvalue weighted by atomic mass is 10.0. The minimum absolute atomic E-state index is 0.179. The van der Waals surface area contributed by atoms with Gasteiger partial charge in [0.05, 0.1) is 0 Å². The SMILES string of the molecule is O=C(CCc1cccc(F)c1F)C1CC1. The third-order valence-corrected chi connectivity index (χ3v) is 2.71. The van der Waals surface area contributed by atoms with Gasteiger partial charge in [0.1, 0.15) is 5.78 Å². The zero-order valence-electron chi connectivity index (χ0n) is 8.30. The molecule has 0 aliphatic heterocycles. The Balaban J connectivity index is 1.98. The normalized spacial score (nSPS) is 15.3. The van der Waals surface area contributed by atoms with Crippen LogP contribution in [0.4, 0.5) is 8.78 Å². The first kappa shape index (κ1) is 10.3. The first-order valence-electron chi connectivity index (χ1n) is 5.14. The Hall–Kier alpha value is -1.25. The summed E-state index contributed by atoms with van der Waals surface area (Å²) in [4.78, 5) is 11.4. The van der Waals surface area contributed by atoms with Gasteiger partial charge in [-0.05, 0) is 30.9 Å². The second kappa shape index (κ2) is 4.09. The Labute approximate surface area is 87.1 Å². The fourth-order valence-electron chi connectivity index (χ4n) is 1.61. The van der Waals surface area contributed by atoms with Gasteiger partial charge in [-0.2, -0.15) is 0 Å². The number of benzene rings is 1. The lowest BCUT2D eigenvalue weighted by Gasteiger charge is -2.02. The van der Waals surface area contributed by atoms with Crippen molar-refractivity contribution in [1.29, 1.82) is 0 Å². The van der Waals surface area contributed by atoms with Crippen LogP contribution in [0.15, 0.2) is 18.2 Å². The zero-order valence-corrected chi connectivity index (χ0v) is 8.30. The maximum absolute atomic E-state index is 13.2. The Bertz CT molecular complexity index is 383. The number of rotatable bonds is 4. The highest BCUT2D eigenvalue weighted by Gasteiger charge is 2.28. The van der Waals surface area contributed by atoms with E-state index >= 15 is 0 Å². The summed E-state index contributed by atoms with van der Waals surface area (Å²) in [6.07, 6.45) is 2.55. The topological polar surface area (TPSA) is 17.1 Å². The largest absolute Gasteiger partial charge is 0.299 e. The lowest BCUT2D eigenvalue weighted by molar-refractivity contribution is -0.120. The van der Waals surface area contributed by atoms with Crippen LogP contribution in [0.5, 0.6) is 0 Å². The molecule has 0 spiro atoms. The second-order valence-corrected chi connectivity index (χ2v) is 3.95. The summed E-state index contributed by atoms with van der Waals surface area (Å²) in [7, 11) is 0. The molecule has 3 heteroatoms. The van der Waals surface area contributed by atoms with E-state index in [2.05, 4.69) is 0 Å². The monoisotopic (exact) mass is 210 g/mol. The van der Waals surface area contributed by atoms with E-state index in [0.717, 1.165) is 18.9 Å². The highest BCUT2D eigenvalue weighted by Crippen LogP contribution is 2.31. The first-order valence-corrected chi connectivity index (χ1v) is 5.14. The molecule has 0 atom stereocenters. The van der Waals surface area contributed by atoms with E-state index < -0.39 is 11.6 Å². The molecule has 0 heterocycles. The molecular formula is C12H12F2O. The highest BCUT2D eigenvalue weighted by atomic mass is 19.2. The van der Waals surface area contributed by atoms with Gasteiger partial charge in [0.15, 0.2) is 11.6 Å². The van der Waals surface area contributed by atoms with Gasteiger partial charge in [0.25, 0.3) is 0 Å². The third-order valence-electron chi connectivity index (χ3n) is 2.71. The molecule has 1 nitrogen and oxygen atoms in total. The summed E-state index contributed by atoms with van der Waals surface area (Å²) in [5, 5.41) is 0. The van der Waals surface area contributed by atoms with Crippen LogP contribution in [0, 0.1) is 17.6 Å². The van der Waals surface area contributed by atoms with Crippen LogP contribution in [0.3, 0.4) is 0 Å². The average molecular weight is 210 g/mol. The molecule has 1 aliphatic carbocycles. The molecule has 1 saturated carbocycles. The van der Waals surface area contributed by atoms with E-state index in [1.54, 1.807) is 0 Å². The van der Waals surface area contributed by atoms with E-state index in [1.807, 2.05) is 0 Å². The fraction of sp³-hybridized carbons (Fsp3) is 0.417. The van der Waals surface area contributed by atoms with Crippen LogP contribution in [0.1, 0.15) is 24.8 Å². The Morgan fingerprint density at radius 1 is 1.33 bits per heavy atom. The van der Waals surface area contributed by atoms with E-state index in [9.17, 15) is 13.6 Å². The minimum atomic E-state index is -0.841. The summed E-state index contributed by atoms with van der Waals surface area (Å²) < 4.78 is 26.0. The molecule has 0 bridgehead atoms. The van der Waals surface area contributed by atoms with Gasteiger partial charge < -0.3 is 0 Å². The standard InChI is InChI=1S/C12H12F2O/c13-10-3-1-2-9(12(10)14)6-7-11(15)8-4-5-8/h1-3,8H,4-7H2. The molecule has 1 fully saturated rings. The van der Waals surface area contributed by atoms with E-state index in [-0.39, 0.29) is 11.7 Å². The smallest absolute Gasteiger partial charge is 0.162 e. The van der Waals surface area contributed by atoms with Crippen LogP contribution in [0.2, 0.25) is 0 Å². The van der Waals surface area contributed by atoms with Crippen molar-refractivity contribution in [2.24, 2.45) is 5.92 Å². The summed E-state index contributed by atoms with van der Waals surface area (Å²) in [6, 6.07) is 4.08. The quantitative estimate of drug-likeness (QED) is 0.746. The van der Waals surface area contributed by atoms with Gasteiger partial charge in [0.2, 0.25) is 0 Å². The highest BCUT2D eigenvalue weighted by molar-refractivity contribution is 5.83. The fourth-order valence-corrected chi connectivity index (χ4v) is 1.61. The number of carbonyl (C=O) groups excluding carboxylic acids is 1. The summed E-state index contributed by atoms with van der Waals surface area (Å²) >= 11 is 0. The Morgan fingerprint density at radius 2 is 2.07 bits per heavy atom. The zero-order chi connectivity index (χ0) is 10.8. The number of hydrogen-bond donors (Lipinski definition) is 0. The summed E-state index contributed by atoms with van der Waals surface area (Å²) in [5.74, 6) is -1.28. The predicted molar refractivity (Wildman–Crippen MR) is 52.4 cm³/mol. The van der Waals surface area contributed by atoms with Gasteiger partial charge >= 0.3 is 0 Å². The van der Waals surface area contributed by atoms with Crippen molar-refractivity contribution in [3.63, 3.8) is 0 Å². The van der Waals surface area contributed by atoms with Gasteiger partial charge in [0, 0.05) is 12.3 Å². The summed E-state index contributed by atoms with van der Waals surface area (Å²) in [5.41, 5.74) is 0.295. The first-order chi connectivity index (χ1) is 7.18. The molecule has 0 aromatic heterocycles. The number of halogens is 2. The van der Waals surface area contributed by atoms with Crippen molar-refractivity contribution in [1.82, 2.24) is 0 Å². The second-order valence-electron chi connectivity index (χ2n) is 3.95. The van der Waals surface area contributed by atoms with E-state index in [1.165, 1.54) is 12.1 Å². The molecule has 0 radical (unpaired) electrons. The van der Waals surface area contributed by atoms with Crippen LogP contribution in [-0.2, 0) is 11.2 Å². The average Bonchev–Trinajstić information content (AvgIpc) is 3.03. The molecule has 1 aromatic carbocycles. The van der Waals surface area contributed by atoms with Gasteiger partial charge in [-0.25, -0.2) is 8.78 Å². The van der Waals surface area contributed by atoms with Crippen LogP contribution in [-0.4, -0.2) is 5.78 Å². The predicted octanol–water partition coefficient (Wildman–Crippen LogP) is 2.88. The van der Waals surface area contributed by atoms with Gasteiger partial charge in [-0.15, -0.1) is 0 Å². The molecule has 80 valence electrons.